The molecule has 0 heterocycles. The van der Waals surface area contributed by atoms with Gasteiger partial charge >= 0.3 is 0 Å². The van der Waals surface area contributed by atoms with Gasteiger partial charge in [-0.05, 0) is 13.8 Å². The summed E-state index contributed by atoms with van der Waals surface area (Å²) in [7, 11) is 0. The van der Waals surface area contributed by atoms with Gasteiger partial charge in [0.05, 0.1) is 0 Å². The van der Waals surface area contributed by atoms with Gasteiger partial charge in [-0.2, -0.15) is 0 Å². The number of nitrogens with two attached hydrogens (primary N) is 2. The molecule has 0 aliphatic carbocycles. The highest BCUT2D eigenvalue weighted by molar-refractivity contribution is 6.23. The molecule has 0 bridgehead atoms. The Morgan fingerprint density at radius 2 is 1.50 bits per heavy atom. The zero-order chi connectivity index (χ0) is 7.00. The van der Waals surface area contributed by atoms with Crippen molar-refractivity contribution in [2.75, 3.05) is 0 Å². The van der Waals surface area contributed by atoms with E-state index in [9.17, 15) is 0 Å². The summed E-state index contributed by atoms with van der Waals surface area (Å²) in [6.07, 6.45) is 0. The Morgan fingerprint density at radius 1 is 1.38 bits per heavy atom. The van der Waals surface area contributed by atoms with Crippen molar-refractivity contribution in [2.45, 2.75) is 24.6 Å². The highest BCUT2D eigenvalue weighted by Crippen LogP contribution is 2.16. The quantitative estimate of drug-likeness (QED) is 0.262. The van der Waals surface area contributed by atoms with Gasteiger partial charge in [-0.25, -0.2) is 0 Å². The van der Waals surface area contributed by atoms with Crippen LogP contribution < -0.4 is 11.5 Å². The molecular weight excluding hydrogens is 128 g/mol. The lowest BCUT2D eigenvalue weighted by Gasteiger charge is -2.29. The average molecular weight is 139 g/mol. The molecule has 0 spiro atoms. The number of hydrogen-bond acceptors (Lipinski definition) is 3. The monoisotopic (exact) mass is 138 g/mol. The first-order valence-electron chi connectivity index (χ1n) is 2.24. The van der Waals surface area contributed by atoms with Gasteiger partial charge in [-0.3, -0.25) is 11.5 Å². The molecule has 0 saturated carbocycles. The molecule has 0 aliphatic heterocycles. The molecule has 0 aromatic rings. The van der Waals surface area contributed by atoms with E-state index in [1.54, 1.807) is 0 Å². The Kier molecular flexibility index (Phi) is 1.88. The summed E-state index contributed by atoms with van der Waals surface area (Å²) >= 11 is 5.31. The summed E-state index contributed by atoms with van der Waals surface area (Å²) in [5.74, 6) is 0. The van der Waals surface area contributed by atoms with Gasteiger partial charge in [0.1, 0.15) is 5.60 Å². The standard InChI is InChI=1S/C4H11ClN2O/c1-3(2,8)4(5,6)7/h8H,6-7H2,1-2H3. The first-order valence-corrected chi connectivity index (χ1v) is 2.62. The van der Waals surface area contributed by atoms with Crippen molar-refractivity contribution in [1.29, 1.82) is 0 Å². The molecule has 0 amide bonds. The summed E-state index contributed by atoms with van der Waals surface area (Å²) in [4.78, 5) is 0. The highest BCUT2D eigenvalue weighted by atomic mass is 35.5. The van der Waals surface area contributed by atoms with Gasteiger partial charge in [-0.15, -0.1) is 0 Å². The molecule has 0 aliphatic rings. The van der Waals surface area contributed by atoms with Crippen LogP contribution in [0.25, 0.3) is 0 Å². The van der Waals surface area contributed by atoms with Gasteiger partial charge in [0.25, 0.3) is 0 Å². The maximum atomic E-state index is 8.97. The van der Waals surface area contributed by atoms with Crippen LogP contribution in [0.5, 0.6) is 0 Å². The first kappa shape index (κ1) is 8.17. The summed E-state index contributed by atoms with van der Waals surface area (Å²) < 4.78 is 0. The second kappa shape index (κ2) is 1.84. The number of hydrogen-bond donors (Lipinski definition) is 3. The van der Waals surface area contributed by atoms with Crippen molar-refractivity contribution >= 4 is 11.6 Å². The summed E-state index contributed by atoms with van der Waals surface area (Å²) in [6, 6.07) is 0. The SMILES string of the molecule is CC(C)(O)C(N)(N)Cl. The number of alkyl halides is 1. The van der Waals surface area contributed by atoms with Crippen molar-refractivity contribution in [1.82, 2.24) is 0 Å². The molecule has 3 nitrogen and oxygen atoms in total. The molecule has 8 heavy (non-hydrogen) atoms. The number of aliphatic hydroxyl groups is 1. The smallest absolute Gasteiger partial charge is 0.170 e. The Morgan fingerprint density at radius 3 is 1.50 bits per heavy atom. The lowest BCUT2D eigenvalue weighted by Crippen LogP contribution is -2.59. The molecule has 50 valence electrons. The molecule has 0 unspecified atom stereocenters. The molecule has 0 radical (unpaired) electrons. The molecule has 0 saturated heterocycles. The maximum Gasteiger partial charge on any atom is 0.170 e. The Labute approximate surface area is 53.6 Å². The van der Waals surface area contributed by atoms with Crippen LogP contribution in [0.15, 0.2) is 0 Å². The number of rotatable bonds is 1. The molecule has 0 fully saturated rings. The summed E-state index contributed by atoms with van der Waals surface area (Å²) in [5, 5.41) is 7.44. The van der Waals surface area contributed by atoms with Gasteiger partial charge in [0, 0.05) is 0 Å². The van der Waals surface area contributed by atoms with Crippen LogP contribution in [0, 0.1) is 0 Å². The van der Waals surface area contributed by atoms with Crippen molar-refractivity contribution < 1.29 is 5.11 Å². The highest BCUT2D eigenvalue weighted by Gasteiger charge is 2.33. The summed E-state index contributed by atoms with van der Waals surface area (Å²) in [5.41, 5.74) is 8.97. The van der Waals surface area contributed by atoms with Gasteiger partial charge in [0.2, 0.25) is 0 Å². The Bertz CT molecular complexity index is 69.0. The zero-order valence-corrected chi connectivity index (χ0v) is 5.74. The molecule has 0 atom stereocenters. The molecule has 0 aromatic heterocycles. The molecule has 0 aromatic carbocycles. The lowest BCUT2D eigenvalue weighted by atomic mass is 10.1. The van der Waals surface area contributed by atoms with Gasteiger partial charge < -0.3 is 5.11 Å². The van der Waals surface area contributed by atoms with E-state index >= 15 is 0 Å². The van der Waals surface area contributed by atoms with Crippen LogP contribution in [0.3, 0.4) is 0 Å². The fourth-order valence-corrected chi connectivity index (χ4v) is 0. The topological polar surface area (TPSA) is 72.3 Å². The van der Waals surface area contributed by atoms with E-state index in [1.807, 2.05) is 0 Å². The van der Waals surface area contributed by atoms with Crippen molar-refractivity contribution in [3.8, 4) is 0 Å². The second-order valence-electron chi connectivity index (χ2n) is 2.33. The predicted molar refractivity (Wildman–Crippen MR) is 33.3 cm³/mol. The van der Waals surface area contributed by atoms with E-state index in [1.165, 1.54) is 13.8 Å². The van der Waals surface area contributed by atoms with Gasteiger partial charge in [-0.1, -0.05) is 11.6 Å². The van der Waals surface area contributed by atoms with Crippen molar-refractivity contribution in [2.24, 2.45) is 11.5 Å². The van der Waals surface area contributed by atoms with Crippen LogP contribution in [0.4, 0.5) is 0 Å². The molecule has 0 rings (SSSR count). The Hall–Kier alpha value is 0.170. The first-order chi connectivity index (χ1) is 3.25. The van der Waals surface area contributed by atoms with Gasteiger partial charge in [0.15, 0.2) is 5.12 Å². The van der Waals surface area contributed by atoms with E-state index in [2.05, 4.69) is 0 Å². The van der Waals surface area contributed by atoms with Crippen LogP contribution in [0.1, 0.15) is 13.8 Å². The normalized spacial score (nSPS) is 14.2. The third-order valence-electron chi connectivity index (χ3n) is 0.938. The minimum atomic E-state index is -1.53. The van der Waals surface area contributed by atoms with E-state index < -0.39 is 10.7 Å². The third kappa shape index (κ3) is 1.96. The largest absolute Gasteiger partial charge is 0.386 e. The van der Waals surface area contributed by atoms with Crippen LogP contribution >= 0.6 is 11.6 Å². The van der Waals surface area contributed by atoms with E-state index in [0.29, 0.717) is 0 Å². The maximum absolute atomic E-state index is 8.97. The van der Waals surface area contributed by atoms with E-state index in [-0.39, 0.29) is 0 Å². The fraction of sp³-hybridized carbons (Fsp3) is 1.00. The van der Waals surface area contributed by atoms with Crippen LogP contribution in [-0.4, -0.2) is 15.8 Å². The average Bonchev–Trinajstić information content (AvgIpc) is 1.25. The van der Waals surface area contributed by atoms with Crippen molar-refractivity contribution in [3.63, 3.8) is 0 Å². The third-order valence-corrected chi connectivity index (χ3v) is 1.40. The summed E-state index contributed by atoms with van der Waals surface area (Å²) in [6.45, 7) is 2.89. The number of halogens is 1. The second-order valence-corrected chi connectivity index (χ2v) is 2.95. The fourth-order valence-electron chi connectivity index (χ4n) is 0. The van der Waals surface area contributed by atoms with Crippen LogP contribution in [-0.2, 0) is 0 Å². The van der Waals surface area contributed by atoms with E-state index in [4.69, 9.17) is 28.2 Å². The molecule has 4 heteroatoms. The van der Waals surface area contributed by atoms with Crippen LogP contribution in [0.2, 0.25) is 0 Å². The lowest BCUT2D eigenvalue weighted by molar-refractivity contribution is 0.0369. The molecular formula is C4H11ClN2O. The minimum absolute atomic E-state index is 1.24. The van der Waals surface area contributed by atoms with E-state index in [0.717, 1.165) is 0 Å². The van der Waals surface area contributed by atoms with Crippen molar-refractivity contribution in [3.05, 3.63) is 0 Å². The Balaban J connectivity index is 4.02. The minimum Gasteiger partial charge on any atom is -0.386 e. The molecule has 5 N–H and O–H groups in total. The zero-order valence-electron chi connectivity index (χ0n) is 4.98. The predicted octanol–water partition coefficient (Wildman–Crippen LogP) is -0.433.